The summed E-state index contributed by atoms with van der Waals surface area (Å²) in [7, 11) is 0. The molecule has 0 saturated carbocycles. The van der Waals surface area contributed by atoms with Gasteiger partial charge in [0.1, 0.15) is 5.69 Å². The number of anilines is 1. The predicted octanol–water partition coefficient (Wildman–Crippen LogP) is 3.03. The van der Waals surface area contributed by atoms with Gasteiger partial charge in [0.2, 0.25) is 0 Å². The lowest BCUT2D eigenvalue weighted by atomic mass is 10.1. The van der Waals surface area contributed by atoms with Crippen molar-refractivity contribution < 1.29 is 4.79 Å². The Balaban J connectivity index is 1.93. The summed E-state index contributed by atoms with van der Waals surface area (Å²) in [4.78, 5) is 16.2. The van der Waals surface area contributed by atoms with E-state index >= 15 is 0 Å². The van der Waals surface area contributed by atoms with Crippen molar-refractivity contribution in [2.24, 2.45) is 0 Å². The first kappa shape index (κ1) is 13.1. The predicted molar refractivity (Wildman–Crippen MR) is 81.0 cm³/mol. The molecular formula is C16H14N4O. The van der Waals surface area contributed by atoms with Gasteiger partial charge in [-0.05, 0) is 19.1 Å². The number of nitrogens with one attached hydrogen (secondary N) is 2. The van der Waals surface area contributed by atoms with Crippen LogP contribution in [0.15, 0.2) is 54.9 Å². The molecule has 2 heterocycles. The van der Waals surface area contributed by atoms with Gasteiger partial charge in [-0.15, -0.1) is 0 Å². The van der Waals surface area contributed by atoms with Gasteiger partial charge in [-0.2, -0.15) is 5.10 Å². The van der Waals surface area contributed by atoms with Gasteiger partial charge in [0, 0.05) is 18.0 Å². The lowest BCUT2D eigenvalue weighted by molar-refractivity contribution is 0.102. The molecule has 0 unspecified atom stereocenters. The molecule has 0 fully saturated rings. The maximum Gasteiger partial charge on any atom is 0.257 e. The van der Waals surface area contributed by atoms with Crippen molar-refractivity contribution in [3.05, 3.63) is 66.1 Å². The summed E-state index contributed by atoms with van der Waals surface area (Å²) in [6.45, 7) is 1.87. The van der Waals surface area contributed by atoms with Crippen molar-refractivity contribution >= 4 is 11.6 Å². The van der Waals surface area contributed by atoms with Crippen LogP contribution in [0.5, 0.6) is 0 Å². The first-order valence-electron chi connectivity index (χ1n) is 6.57. The van der Waals surface area contributed by atoms with E-state index in [4.69, 9.17) is 0 Å². The summed E-state index contributed by atoms with van der Waals surface area (Å²) in [6.07, 6.45) is 3.17. The van der Waals surface area contributed by atoms with Gasteiger partial charge in [0.05, 0.1) is 16.9 Å². The third kappa shape index (κ3) is 2.67. The topological polar surface area (TPSA) is 70.7 Å². The Morgan fingerprint density at radius 2 is 1.95 bits per heavy atom. The van der Waals surface area contributed by atoms with Crippen LogP contribution >= 0.6 is 0 Å². The molecule has 21 heavy (non-hydrogen) atoms. The molecule has 0 saturated heterocycles. The first-order chi connectivity index (χ1) is 10.3. The lowest BCUT2D eigenvalue weighted by Crippen LogP contribution is -2.13. The smallest absolute Gasteiger partial charge is 0.257 e. The van der Waals surface area contributed by atoms with Gasteiger partial charge in [-0.25, -0.2) is 0 Å². The Morgan fingerprint density at radius 3 is 2.67 bits per heavy atom. The molecule has 2 N–H and O–H groups in total. The maximum absolute atomic E-state index is 12.3. The summed E-state index contributed by atoms with van der Waals surface area (Å²) >= 11 is 0. The highest BCUT2D eigenvalue weighted by atomic mass is 16.1. The van der Waals surface area contributed by atoms with E-state index in [2.05, 4.69) is 20.5 Å². The number of nitrogens with zero attached hydrogens (tertiary/aromatic N) is 2. The number of pyridine rings is 1. The fourth-order valence-corrected chi connectivity index (χ4v) is 2.07. The number of hydrogen-bond donors (Lipinski definition) is 2. The number of H-pyrrole nitrogens is 1. The van der Waals surface area contributed by atoms with Gasteiger partial charge >= 0.3 is 0 Å². The van der Waals surface area contributed by atoms with Crippen LogP contribution in [-0.4, -0.2) is 21.1 Å². The second-order valence-corrected chi connectivity index (χ2v) is 4.63. The van der Waals surface area contributed by atoms with Crippen LogP contribution in [0.1, 0.15) is 16.1 Å². The van der Waals surface area contributed by atoms with Crippen LogP contribution in [0, 0.1) is 6.92 Å². The molecule has 3 rings (SSSR count). The van der Waals surface area contributed by atoms with Crippen molar-refractivity contribution in [3.63, 3.8) is 0 Å². The molecule has 5 nitrogen and oxygen atoms in total. The van der Waals surface area contributed by atoms with Gasteiger partial charge in [0.25, 0.3) is 5.91 Å². The normalized spacial score (nSPS) is 10.3. The molecule has 3 aromatic rings. The fourth-order valence-electron chi connectivity index (χ4n) is 2.07. The Bertz CT molecular complexity index is 750. The molecule has 0 aliphatic carbocycles. The SMILES string of the molecule is Cc1[nH]nc(-c2ccccc2)c1NC(=O)c1cccnc1. The molecule has 0 radical (unpaired) electrons. The molecule has 2 aromatic heterocycles. The van der Waals surface area contributed by atoms with E-state index in [9.17, 15) is 4.79 Å². The van der Waals surface area contributed by atoms with Crippen molar-refractivity contribution in [3.8, 4) is 11.3 Å². The average Bonchev–Trinajstić information content (AvgIpc) is 2.90. The zero-order valence-electron chi connectivity index (χ0n) is 11.5. The highest BCUT2D eigenvalue weighted by Gasteiger charge is 2.15. The second kappa shape index (κ2) is 5.58. The molecule has 0 bridgehead atoms. The van der Waals surface area contributed by atoms with Crippen LogP contribution in [0.3, 0.4) is 0 Å². The van der Waals surface area contributed by atoms with E-state index in [1.54, 1.807) is 18.3 Å². The number of rotatable bonds is 3. The monoisotopic (exact) mass is 278 g/mol. The molecule has 5 heteroatoms. The zero-order valence-corrected chi connectivity index (χ0v) is 11.5. The van der Waals surface area contributed by atoms with Gasteiger partial charge in [0.15, 0.2) is 0 Å². The van der Waals surface area contributed by atoms with Crippen molar-refractivity contribution in [1.29, 1.82) is 0 Å². The zero-order chi connectivity index (χ0) is 14.7. The number of hydrogen-bond acceptors (Lipinski definition) is 3. The standard InChI is InChI=1S/C16H14N4O/c1-11-14(18-16(21)13-8-5-9-17-10-13)15(20-19-11)12-6-3-2-4-7-12/h2-10H,1H3,(H,18,21)(H,19,20). The highest BCUT2D eigenvalue weighted by Crippen LogP contribution is 2.28. The van der Waals surface area contributed by atoms with Crippen LogP contribution in [-0.2, 0) is 0 Å². The third-order valence-corrected chi connectivity index (χ3v) is 3.16. The Morgan fingerprint density at radius 1 is 1.14 bits per heavy atom. The number of carbonyl (C=O) groups excluding carboxylic acids is 1. The van der Waals surface area contributed by atoms with Crippen LogP contribution in [0.2, 0.25) is 0 Å². The van der Waals surface area contributed by atoms with E-state index in [1.165, 1.54) is 6.20 Å². The number of amides is 1. The van der Waals surface area contributed by atoms with Crippen LogP contribution in [0.25, 0.3) is 11.3 Å². The number of aromatic nitrogens is 3. The quantitative estimate of drug-likeness (QED) is 0.773. The second-order valence-electron chi connectivity index (χ2n) is 4.63. The van der Waals surface area contributed by atoms with Crippen molar-refractivity contribution in [2.75, 3.05) is 5.32 Å². The third-order valence-electron chi connectivity index (χ3n) is 3.16. The van der Waals surface area contributed by atoms with Crippen LogP contribution in [0.4, 0.5) is 5.69 Å². The average molecular weight is 278 g/mol. The van der Waals surface area contributed by atoms with E-state index in [-0.39, 0.29) is 5.91 Å². The molecule has 1 aromatic carbocycles. The van der Waals surface area contributed by atoms with Gasteiger partial charge in [-0.1, -0.05) is 30.3 Å². The number of carbonyl (C=O) groups is 1. The van der Waals surface area contributed by atoms with E-state index in [0.717, 1.165) is 17.0 Å². The summed E-state index contributed by atoms with van der Waals surface area (Å²) in [5, 5.41) is 10.1. The summed E-state index contributed by atoms with van der Waals surface area (Å²) < 4.78 is 0. The molecule has 0 spiro atoms. The lowest BCUT2D eigenvalue weighted by Gasteiger charge is -2.06. The minimum atomic E-state index is -0.204. The van der Waals surface area contributed by atoms with E-state index in [0.29, 0.717) is 11.3 Å². The highest BCUT2D eigenvalue weighted by molar-refractivity contribution is 6.06. The number of benzene rings is 1. The number of aromatic amines is 1. The molecule has 1 amide bonds. The number of aryl methyl sites for hydroxylation is 1. The Labute approximate surface area is 122 Å². The minimum absolute atomic E-state index is 0.204. The largest absolute Gasteiger partial charge is 0.318 e. The summed E-state index contributed by atoms with van der Waals surface area (Å²) in [6, 6.07) is 13.2. The maximum atomic E-state index is 12.3. The van der Waals surface area contributed by atoms with Crippen LogP contribution < -0.4 is 5.32 Å². The van der Waals surface area contributed by atoms with Gasteiger partial charge < -0.3 is 5.32 Å². The van der Waals surface area contributed by atoms with Crippen molar-refractivity contribution in [1.82, 2.24) is 15.2 Å². The van der Waals surface area contributed by atoms with E-state index < -0.39 is 0 Å². The molecular weight excluding hydrogens is 264 g/mol. The van der Waals surface area contributed by atoms with Crippen molar-refractivity contribution in [2.45, 2.75) is 6.92 Å². The molecule has 104 valence electrons. The summed E-state index contributed by atoms with van der Waals surface area (Å²) in [5.41, 5.74) is 3.69. The molecule has 0 aliphatic rings. The van der Waals surface area contributed by atoms with E-state index in [1.807, 2.05) is 37.3 Å². The molecule has 0 atom stereocenters. The fraction of sp³-hybridized carbons (Fsp3) is 0.0625. The van der Waals surface area contributed by atoms with Gasteiger partial charge in [-0.3, -0.25) is 14.9 Å². The summed E-state index contributed by atoms with van der Waals surface area (Å²) in [5.74, 6) is -0.204. The molecule has 0 aliphatic heterocycles. The Kier molecular flexibility index (Phi) is 3.47. The first-order valence-corrected chi connectivity index (χ1v) is 6.57. The Hall–Kier alpha value is -2.95. The minimum Gasteiger partial charge on any atom is -0.318 e.